The largest absolute Gasteiger partial charge is 0.491 e. The Kier molecular flexibility index (Phi) is 5.41. The van der Waals surface area contributed by atoms with Crippen molar-refractivity contribution in [1.82, 2.24) is 9.80 Å². The Morgan fingerprint density at radius 2 is 2.00 bits per heavy atom. The molecule has 1 aliphatic rings. The zero-order valence-electron chi connectivity index (χ0n) is 12.4. The van der Waals surface area contributed by atoms with E-state index in [0.29, 0.717) is 19.6 Å². The van der Waals surface area contributed by atoms with E-state index in [4.69, 9.17) is 10.5 Å². The minimum Gasteiger partial charge on any atom is -0.491 e. The molecule has 1 saturated heterocycles. The summed E-state index contributed by atoms with van der Waals surface area (Å²) >= 11 is 0. The second-order valence-electron chi connectivity index (χ2n) is 5.36. The van der Waals surface area contributed by atoms with Crippen LogP contribution in [-0.4, -0.2) is 66.4 Å². The van der Waals surface area contributed by atoms with Crippen LogP contribution in [0.4, 0.5) is 4.79 Å². The predicted octanol–water partition coefficient (Wildman–Crippen LogP) is 0.431. The number of hydrogen-bond donors (Lipinski definition) is 2. The maximum Gasteiger partial charge on any atom is 0.314 e. The number of nitrogens with zero attached hydrogens (tertiary/aromatic N) is 2. The number of aliphatic hydroxyl groups is 1. The number of ether oxygens (including phenoxy) is 1. The van der Waals surface area contributed by atoms with Gasteiger partial charge in [0.15, 0.2) is 0 Å². The van der Waals surface area contributed by atoms with Gasteiger partial charge in [-0.05, 0) is 18.6 Å². The summed E-state index contributed by atoms with van der Waals surface area (Å²) in [5.41, 5.74) is 6.29. The van der Waals surface area contributed by atoms with Gasteiger partial charge in [-0.25, -0.2) is 4.79 Å². The molecule has 0 aromatic heterocycles. The second kappa shape index (κ2) is 7.28. The highest BCUT2D eigenvalue weighted by molar-refractivity contribution is 5.72. The molecule has 1 atom stereocenters. The highest BCUT2D eigenvalue weighted by atomic mass is 16.5. The fourth-order valence-corrected chi connectivity index (χ4v) is 2.41. The van der Waals surface area contributed by atoms with Gasteiger partial charge in [0.25, 0.3) is 0 Å². The smallest absolute Gasteiger partial charge is 0.314 e. The topological polar surface area (TPSA) is 79.0 Å². The molecule has 21 heavy (non-hydrogen) atoms. The van der Waals surface area contributed by atoms with Gasteiger partial charge in [-0.3, -0.25) is 4.90 Å². The number of urea groups is 1. The number of nitrogens with two attached hydrogens (primary N) is 1. The minimum absolute atomic E-state index is 0.265. The summed E-state index contributed by atoms with van der Waals surface area (Å²) < 4.78 is 5.64. The summed E-state index contributed by atoms with van der Waals surface area (Å²) in [5, 5.41) is 10.1. The van der Waals surface area contributed by atoms with Gasteiger partial charge in [0.05, 0.1) is 0 Å². The monoisotopic (exact) mass is 293 g/mol. The van der Waals surface area contributed by atoms with E-state index in [-0.39, 0.29) is 12.6 Å². The normalized spacial score (nSPS) is 17.5. The fraction of sp³-hybridized carbons (Fsp3) is 0.533. The fourth-order valence-electron chi connectivity index (χ4n) is 2.41. The van der Waals surface area contributed by atoms with Crippen LogP contribution in [0.1, 0.15) is 5.56 Å². The van der Waals surface area contributed by atoms with Crippen LogP contribution in [0.5, 0.6) is 5.75 Å². The maximum atomic E-state index is 11.0. The summed E-state index contributed by atoms with van der Waals surface area (Å²) in [6.07, 6.45) is -0.551. The highest BCUT2D eigenvalue weighted by Crippen LogP contribution is 2.16. The van der Waals surface area contributed by atoms with Crippen LogP contribution in [0.3, 0.4) is 0 Å². The van der Waals surface area contributed by atoms with Gasteiger partial charge in [0, 0.05) is 32.7 Å². The Hall–Kier alpha value is -1.79. The summed E-state index contributed by atoms with van der Waals surface area (Å²) in [5.74, 6) is 0.801. The summed E-state index contributed by atoms with van der Waals surface area (Å²) in [6, 6.07) is 7.37. The molecule has 0 spiro atoms. The van der Waals surface area contributed by atoms with Crippen LogP contribution in [0, 0.1) is 6.92 Å². The van der Waals surface area contributed by atoms with Crippen LogP contribution in [0.2, 0.25) is 0 Å². The number of hydrogen-bond acceptors (Lipinski definition) is 4. The van der Waals surface area contributed by atoms with Gasteiger partial charge in [0.2, 0.25) is 0 Å². The molecule has 1 unspecified atom stereocenters. The third kappa shape index (κ3) is 4.61. The Labute approximate surface area is 125 Å². The highest BCUT2D eigenvalue weighted by Gasteiger charge is 2.21. The average molecular weight is 293 g/mol. The van der Waals surface area contributed by atoms with Gasteiger partial charge in [-0.1, -0.05) is 18.2 Å². The Balaban J connectivity index is 1.72. The minimum atomic E-state index is -0.551. The quantitative estimate of drug-likeness (QED) is 0.825. The van der Waals surface area contributed by atoms with Crippen LogP contribution < -0.4 is 10.5 Å². The molecule has 0 bridgehead atoms. The molecule has 1 heterocycles. The van der Waals surface area contributed by atoms with Gasteiger partial charge >= 0.3 is 6.03 Å². The molecular formula is C15H23N3O3. The molecule has 0 radical (unpaired) electrons. The number of β-amino-alcohol motifs (C(OH)–C–C–N with tert-alkyl or cyclic N) is 1. The Morgan fingerprint density at radius 3 is 2.62 bits per heavy atom. The van der Waals surface area contributed by atoms with Crippen LogP contribution >= 0.6 is 0 Å². The lowest BCUT2D eigenvalue weighted by atomic mass is 10.2. The number of carbonyl (C=O) groups is 1. The first kappa shape index (κ1) is 15.6. The van der Waals surface area contributed by atoms with Crippen molar-refractivity contribution in [1.29, 1.82) is 0 Å². The van der Waals surface area contributed by atoms with Crippen molar-refractivity contribution >= 4 is 6.03 Å². The van der Waals surface area contributed by atoms with Crippen LogP contribution in [0.15, 0.2) is 24.3 Å². The van der Waals surface area contributed by atoms with Crippen molar-refractivity contribution in [2.45, 2.75) is 13.0 Å². The van der Waals surface area contributed by atoms with E-state index in [1.165, 1.54) is 0 Å². The van der Waals surface area contributed by atoms with Crippen molar-refractivity contribution in [2.75, 3.05) is 39.3 Å². The molecule has 1 aromatic rings. The van der Waals surface area contributed by atoms with Gasteiger partial charge in [-0.2, -0.15) is 0 Å². The molecular weight excluding hydrogens is 270 g/mol. The molecule has 1 aliphatic heterocycles. The van der Waals surface area contributed by atoms with Crippen LogP contribution in [0.25, 0.3) is 0 Å². The second-order valence-corrected chi connectivity index (χ2v) is 5.36. The van der Waals surface area contributed by atoms with E-state index in [1.807, 2.05) is 31.2 Å². The number of rotatable bonds is 5. The van der Waals surface area contributed by atoms with Crippen molar-refractivity contribution in [3.8, 4) is 5.75 Å². The number of aliphatic hydroxyl groups excluding tert-OH is 1. The Bertz CT molecular complexity index is 473. The molecule has 116 valence electrons. The average Bonchev–Trinajstić information content (AvgIpc) is 2.47. The van der Waals surface area contributed by atoms with Crippen molar-refractivity contribution in [2.24, 2.45) is 5.73 Å². The number of para-hydroxylation sites is 1. The molecule has 0 saturated carbocycles. The summed E-state index contributed by atoms with van der Waals surface area (Å²) in [6.45, 7) is 5.46. The lowest BCUT2D eigenvalue weighted by Gasteiger charge is -2.34. The number of benzene rings is 1. The molecule has 1 fully saturated rings. The van der Waals surface area contributed by atoms with E-state index < -0.39 is 6.10 Å². The summed E-state index contributed by atoms with van der Waals surface area (Å²) in [7, 11) is 0. The molecule has 2 rings (SSSR count). The van der Waals surface area contributed by atoms with Crippen molar-refractivity contribution in [3.63, 3.8) is 0 Å². The first-order chi connectivity index (χ1) is 10.1. The number of piperazine rings is 1. The molecule has 6 heteroatoms. The lowest BCUT2D eigenvalue weighted by molar-refractivity contribution is 0.0521. The lowest BCUT2D eigenvalue weighted by Crippen LogP contribution is -2.52. The van der Waals surface area contributed by atoms with Crippen molar-refractivity contribution in [3.05, 3.63) is 29.8 Å². The first-order valence-electron chi connectivity index (χ1n) is 7.19. The van der Waals surface area contributed by atoms with Gasteiger partial charge in [-0.15, -0.1) is 0 Å². The predicted molar refractivity (Wildman–Crippen MR) is 80.3 cm³/mol. The molecule has 0 aliphatic carbocycles. The molecule has 1 aromatic carbocycles. The molecule has 2 amide bonds. The third-order valence-electron chi connectivity index (χ3n) is 3.68. The zero-order chi connectivity index (χ0) is 15.2. The van der Waals surface area contributed by atoms with Gasteiger partial charge in [0.1, 0.15) is 18.5 Å². The molecule has 3 N–H and O–H groups in total. The van der Waals surface area contributed by atoms with Crippen molar-refractivity contribution < 1.29 is 14.6 Å². The Morgan fingerprint density at radius 1 is 1.33 bits per heavy atom. The number of amides is 2. The number of aryl methyl sites for hydroxylation is 1. The SMILES string of the molecule is Cc1ccccc1OCC(O)CN1CCN(C(N)=O)CC1. The first-order valence-corrected chi connectivity index (χ1v) is 7.19. The summed E-state index contributed by atoms with van der Waals surface area (Å²) in [4.78, 5) is 14.8. The van der Waals surface area contributed by atoms with E-state index in [0.717, 1.165) is 24.4 Å². The van der Waals surface area contributed by atoms with Crippen LogP contribution in [-0.2, 0) is 0 Å². The van der Waals surface area contributed by atoms with E-state index >= 15 is 0 Å². The third-order valence-corrected chi connectivity index (χ3v) is 3.68. The maximum absolute atomic E-state index is 11.0. The number of carbonyl (C=O) groups excluding carboxylic acids is 1. The standard InChI is InChI=1S/C15H23N3O3/c1-12-4-2-3-5-14(12)21-11-13(19)10-17-6-8-18(9-7-17)15(16)20/h2-5,13,19H,6-11H2,1H3,(H2,16,20). The number of primary amides is 1. The van der Waals surface area contributed by atoms with Gasteiger partial charge < -0.3 is 20.5 Å². The zero-order valence-corrected chi connectivity index (χ0v) is 12.4. The van der Waals surface area contributed by atoms with E-state index in [9.17, 15) is 9.90 Å². The molecule has 6 nitrogen and oxygen atoms in total. The van der Waals surface area contributed by atoms with E-state index in [2.05, 4.69) is 4.90 Å². The van der Waals surface area contributed by atoms with E-state index in [1.54, 1.807) is 4.90 Å².